The number of carbonyl (C=O) groups excluding carboxylic acids is 1. The van der Waals surface area contributed by atoms with Crippen LogP contribution in [0.1, 0.15) is 10.4 Å². The summed E-state index contributed by atoms with van der Waals surface area (Å²) in [7, 11) is 1.57. The minimum Gasteiger partial charge on any atom is -0.496 e. The fourth-order valence-electron chi connectivity index (χ4n) is 1.04. The molecule has 1 aromatic rings. The number of hydrogen-bond donors (Lipinski definition) is 0. The monoisotopic (exact) mass is 216 g/mol. The Kier molecular flexibility index (Phi) is 3.63. The van der Waals surface area contributed by atoms with Crippen LogP contribution in [0.4, 0.5) is 0 Å². The van der Waals surface area contributed by atoms with Crippen molar-refractivity contribution in [3.8, 4) is 5.75 Å². The number of rotatable bonds is 3. The Balaban J connectivity index is 3.36. The SMILES string of the molecule is COc1ccc(Cl)c(C=O)c1SC. The van der Waals surface area contributed by atoms with E-state index in [0.29, 0.717) is 16.3 Å². The first kappa shape index (κ1) is 10.4. The molecule has 0 aliphatic rings. The Morgan fingerprint density at radius 2 is 2.23 bits per heavy atom. The lowest BCUT2D eigenvalue weighted by Gasteiger charge is -2.08. The van der Waals surface area contributed by atoms with E-state index in [9.17, 15) is 4.79 Å². The normalized spacial score (nSPS) is 9.77. The molecule has 0 spiro atoms. The maximum absolute atomic E-state index is 10.7. The average Bonchev–Trinajstić information content (AvgIpc) is 2.17. The molecule has 0 heterocycles. The van der Waals surface area contributed by atoms with Gasteiger partial charge in [-0.25, -0.2) is 0 Å². The molecule has 0 bridgehead atoms. The van der Waals surface area contributed by atoms with E-state index in [-0.39, 0.29) is 0 Å². The van der Waals surface area contributed by atoms with Gasteiger partial charge < -0.3 is 4.74 Å². The summed E-state index contributed by atoms with van der Waals surface area (Å²) in [4.78, 5) is 11.5. The van der Waals surface area contributed by atoms with E-state index in [1.807, 2.05) is 6.26 Å². The number of hydrogen-bond acceptors (Lipinski definition) is 3. The van der Waals surface area contributed by atoms with Crippen molar-refractivity contribution in [2.45, 2.75) is 4.90 Å². The van der Waals surface area contributed by atoms with Gasteiger partial charge in [-0.05, 0) is 18.4 Å². The van der Waals surface area contributed by atoms with Crippen LogP contribution in [0.5, 0.6) is 5.75 Å². The van der Waals surface area contributed by atoms with E-state index in [1.54, 1.807) is 19.2 Å². The maximum atomic E-state index is 10.7. The summed E-state index contributed by atoms with van der Waals surface area (Å²) in [5, 5.41) is 0.458. The van der Waals surface area contributed by atoms with Crippen LogP contribution < -0.4 is 4.74 Å². The molecule has 70 valence electrons. The molecule has 0 N–H and O–H groups in total. The minimum absolute atomic E-state index is 0.458. The molecular weight excluding hydrogens is 208 g/mol. The quantitative estimate of drug-likeness (QED) is 0.574. The largest absolute Gasteiger partial charge is 0.496 e. The van der Waals surface area contributed by atoms with Crippen LogP contribution in [0, 0.1) is 0 Å². The van der Waals surface area contributed by atoms with E-state index in [4.69, 9.17) is 16.3 Å². The number of benzene rings is 1. The number of halogens is 1. The zero-order valence-electron chi connectivity index (χ0n) is 7.33. The van der Waals surface area contributed by atoms with Gasteiger partial charge in [-0.3, -0.25) is 4.79 Å². The number of methoxy groups -OCH3 is 1. The third-order valence-corrected chi connectivity index (χ3v) is 2.81. The summed E-state index contributed by atoms with van der Waals surface area (Å²) in [6.45, 7) is 0. The number of carbonyl (C=O) groups is 1. The molecule has 1 aromatic carbocycles. The van der Waals surface area contributed by atoms with Gasteiger partial charge in [-0.2, -0.15) is 0 Å². The first-order valence-electron chi connectivity index (χ1n) is 3.60. The van der Waals surface area contributed by atoms with Gasteiger partial charge in [0.25, 0.3) is 0 Å². The lowest BCUT2D eigenvalue weighted by atomic mass is 10.2. The van der Waals surface area contributed by atoms with Gasteiger partial charge in [0, 0.05) is 0 Å². The molecule has 0 radical (unpaired) electrons. The van der Waals surface area contributed by atoms with Gasteiger partial charge in [0.2, 0.25) is 0 Å². The fraction of sp³-hybridized carbons (Fsp3) is 0.222. The van der Waals surface area contributed by atoms with Crippen molar-refractivity contribution in [3.05, 3.63) is 22.7 Å². The molecule has 0 fully saturated rings. The van der Waals surface area contributed by atoms with Gasteiger partial charge in [0.05, 0.1) is 22.6 Å². The molecule has 0 aliphatic carbocycles. The summed E-state index contributed by atoms with van der Waals surface area (Å²) in [6.07, 6.45) is 2.62. The third-order valence-electron chi connectivity index (χ3n) is 1.65. The van der Waals surface area contributed by atoms with E-state index in [2.05, 4.69) is 0 Å². The first-order valence-corrected chi connectivity index (χ1v) is 5.20. The van der Waals surface area contributed by atoms with Gasteiger partial charge in [0.1, 0.15) is 5.75 Å². The van der Waals surface area contributed by atoms with Crippen LogP contribution in [0.3, 0.4) is 0 Å². The Bertz CT molecular complexity index is 326. The molecule has 4 heteroatoms. The predicted molar refractivity (Wildman–Crippen MR) is 55.2 cm³/mol. The van der Waals surface area contributed by atoms with Crippen molar-refractivity contribution < 1.29 is 9.53 Å². The summed E-state index contributed by atoms with van der Waals surface area (Å²) in [5.41, 5.74) is 0.494. The smallest absolute Gasteiger partial charge is 0.152 e. The molecule has 0 atom stereocenters. The van der Waals surface area contributed by atoms with Crippen molar-refractivity contribution in [1.29, 1.82) is 0 Å². The topological polar surface area (TPSA) is 26.3 Å². The van der Waals surface area contributed by atoms with Crippen LogP contribution in [-0.4, -0.2) is 19.7 Å². The minimum atomic E-state index is 0.458. The molecule has 0 saturated heterocycles. The van der Waals surface area contributed by atoms with Gasteiger partial charge in [0.15, 0.2) is 6.29 Å². The Hall–Kier alpha value is -0.670. The van der Waals surface area contributed by atoms with E-state index >= 15 is 0 Å². The summed E-state index contributed by atoms with van der Waals surface area (Å²) < 4.78 is 5.10. The van der Waals surface area contributed by atoms with E-state index in [0.717, 1.165) is 11.2 Å². The third kappa shape index (κ3) is 1.98. The lowest BCUT2D eigenvalue weighted by Crippen LogP contribution is -1.92. The van der Waals surface area contributed by atoms with Crippen LogP contribution >= 0.6 is 23.4 Å². The van der Waals surface area contributed by atoms with Crippen molar-refractivity contribution in [3.63, 3.8) is 0 Å². The highest BCUT2D eigenvalue weighted by Crippen LogP contribution is 2.34. The van der Waals surface area contributed by atoms with Gasteiger partial charge >= 0.3 is 0 Å². The van der Waals surface area contributed by atoms with Crippen LogP contribution in [0.15, 0.2) is 17.0 Å². The number of ether oxygens (including phenoxy) is 1. The van der Waals surface area contributed by atoms with Crippen LogP contribution in [0.25, 0.3) is 0 Å². The van der Waals surface area contributed by atoms with E-state index < -0.39 is 0 Å². The highest BCUT2D eigenvalue weighted by atomic mass is 35.5. The molecule has 0 saturated carbocycles. The maximum Gasteiger partial charge on any atom is 0.152 e. The number of aldehydes is 1. The second-order valence-corrected chi connectivity index (χ2v) is 3.54. The summed E-state index contributed by atoms with van der Waals surface area (Å²) in [5.74, 6) is 0.680. The Morgan fingerprint density at radius 1 is 1.54 bits per heavy atom. The van der Waals surface area contributed by atoms with Crippen molar-refractivity contribution in [2.24, 2.45) is 0 Å². The molecule has 2 nitrogen and oxygen atoms in total. The molecule has 1 rings (SSSR count). The average molecular weight is 217 g/mol. The molecule has 0 aliphatic heterocycles. The molecule has 0 aromatic heterocycles. The zero-order chi connectivity index (χ0) is 9.84. The highest BCUT2D eigenvalue weighted by molar-refractivity contribution is 7.98. The van der Waals surface area contributed by atoms with Gasteiger partial charge in [-0.15, -0.1) is 11.8 Å². The van der Waals surface area contributed by atoms with E-state index in [1.165, 1.54) is 11.8 Å². The molecular formula is C9H9ClO2S. The predicted octanol–water partition coefficient (Wildman–Crippen LogP) is 2.88. The summed E-state index contributed by atoms with van der Waals surface area (Å²) >= 11 is 7.28. The second kappa shape index (κ2) is 4.53. The van der Waals surface area contributed by atoms with Gasteiger partial charge in [-0.1, -0.05) is 11.6 Å². The first-order chi connectivity index (χ1) is 6.24. The molecule has 13 heavy (non-hydrogen) atoms. The lowest BCUT2D eigenvalue weighted by molar-refractivity contribution is 0.112. The Morgan fingerprint density at radius 3 is 2.69 bits per heavy atom. The molecule has 0 amide bonds. The van der Waals surface area contributed by atoms with Crippen molar-refractivity contribution >= 4 is 29.6 Å². The van der Waals surface area contributed by atoms with Crippen LogP contribution in [-0.2, 0) is 0 Å². The Labute approximate surface area is 86.2 Å². The number of thioether (sulfide) groups is 1. The van der Waals surface area contributed by atoms with Crippen molar-refractivity contribution in [2.75, 3.05) is 13.4 Å². The highest BCUT2D eigenvalue weighted by Gasteiger charge is 2.10. The molecule has 0 unspecified atom stereocenters. The second-order valence-electron chi connectivity index (χ2n) is 2.31. The van der Waals surface area contributed by atoms with Crippen LogP contribution in [0.2, 0.25) is 5.02 Å². The standard InChI is InChI=1S/C9H9ClO2S/c1-12-8-4-3-7(10)6(5-11)9(8)13-2/h3-5H,1-2H3. The van der Waals surface area contributed by atoms with Crippen molar-refractivity contribution in [1.82, 2.24) is 0 Å². The fourth-order valence-corrected chi connectivity index (χ4v) is 2.03. The zero-order valence-corrected chi connectivity index (χ0v) is 8.91. The summed E-state index contributed by atoms with van der Waals surface area (Å²) in [6, 6.07) is 3.41.